The van der Waals surface area contributed by atoms with Gasteiger partial charge in [-0.25, -0.2) is 4.79 Å². The van der Waals surface area contributed by atoms with Gasteiger partial charge in [0, 0.05) is 30.1 Å². The molecule has 1 heterocycles. The number of amides is 2. The van der Waals surface area contributed by atoms with E-state index >= 15 is 0 Å². The number of hydrogen-bond donors (Lipinski definition) is 2. The molecule has 1 saturated heterocycles. The minimum Gasteiger partial charge on any atom is -0.481 e. The van der Waals surface area contributed by atoms with Crippen LogP contribution in [0.25, 0.3) is 11.1 Å². The highest BCUT2D eigenvalue weighted by Gasteiger charge is 2.34. The first-order chi connectivity index (χ1) is 16.5. The second kappa shape index (κ2) is 9.33. The number of alkyl carbamates (subject to hydrolysis) is 1. The van der Waals surface area contributed by atoms with Crippen LogP contribution < -0.4 is 5.32 Å². The number of carbonyl (C=O) groups excluding carboxylic acids is 2. The van der Waals surface area contributed by atoms with E-state index in [2.05, 4.69) is 29.6 Å². The Morgan fingerprint density at radius 2 is 1.71 bits per heavy atom. The molecule has 2 atom stereocenters. The van der Waals surface area contributed by atoms with Gasteiger partial charge in [-0.1, -0.05) is 54.6 Å². The lowest BCUT2D eigenvalue weighted by Gasteiger charge is -2.24. The highest BCUT2D eigenvalue weighted by atomic mass is 16.5. The summed E-state index contributed by atoms with van der Waals surface area (Å²) in [7, 11) is 0. The fourth-order valence-corrected chi connectivity index (χ4v) is 5.51. The molecule has 1 fully saturated rings. The molecule has 2 aliphatic carbocycles. The molecule has 0 aromatic heterocycles. The van der Waals surface area contributed by atoms with Crippen molar-refractivity contribution >= 4 is 18.0 Å². The Bertz CT molecular complexity index is 1110. The van der Waals surface area contributed by atoms with Crippen LogP contribution in [0.5, 0.6) is 0 Å². The summed E-state index contributed by atoms with van der Waals surface area (Å²) in [4.78, 5) is 38.3. The largest absolute Gasteiger partial charge is 0.481 e. The molecule has 1 aliphatic heterocycles. The van der Waals surface area contributed by atoms with Gasteiger partial charge in [-0.15, -0.1) is 0 Å². The van der Waals surface area contributed by atoms with Crippen LogP contribution in [0.15, 0.2) is 60.2 Å². The van der Waals surface area contributed by atoms with Crippen LogP contribution >= 0.6 is 0 Å². The third-order valence-electron chi connectivity index (χ3n) is 7.10. The van der Waals surface area contributed by atoms with Crippen LogP contribution in [0.3, 0.4) is 0 Å². The summed E-state index contributed by atoms with van der Waals surface area (Å²) < 4.78 is 5.62. The first-order valence-corrected chi connectivity index (χ1v) is 11.8. The Morgan fingerprint density at radius 3 is 2.38 bits per heavy atom. The van der Waals surface area contributed by atoms with Gasteiger partial charge in [0.05, 0.1) is 6.42 Å². The number of nitrogens with one attached hydrogen (secondary N) is 1. The van der Waals surface area contributed by atoms with Crippen LogP contribution in [-0.4, -0.2) is 53.2 Å². The van der Waals surface area contributed by atoms with Crippen molar-refractivity contribution < 1.29 is 24.2 Å². The Hall–Kier alpha value is -3.61. The second-order valence-electron chi connectivity index (χ2n) is 9.23. The van der Waals surface area contributed by atoms with E-state index < -0.39 is 12.1 Å². The van der Waals surface area contributed by atoms with Gasteiger partial charge in [-0.05, 0) is 47.9 Å². The summed E-state index contributed by atoms with van der Waals surface area (Å²) in [6.45, 7) is 0.828. The molecule has 1 unspecified atom stereocenters. The van der Waals surface area contributed by atoms with Crippen LogP contribution in [0.2, 0.25) is 0 Å². The highest BCUT2D eigenvalue weighted by Crippen LogP contribution is 2.44. The lowest BCUT2D eigenvalue weighted by atomic mass is 9.98. The Labute approximate surface area is 198 Å². The van der Waals surface area contributed by atoms with Gasteiger partial charge in [0.15, 0.2) is 0 Å². The average molecular weight is 461 g/mol. The summed E-state index contributed by atoms with van der Waals surface area (Å²) in [6.07, 6.45) is 3.86. The van der Waals surface area contributed by atoms with E-state index in [-0.39, 0.29) is 36.9 Å². The third-order valence-corrected chi connectivity index (χ3v) is 7.10. The molecule has 0 spiro atoms. The zero-order chi connectivity index (χ0) is 23.7. The average Bonchev–Trinajstić information content (AvgIpc) is 3.55. The van der Waals surface area contributed by atoms with Crippen molar-refractivity contribution in [1.82, 2.24) is 10.2 Å². The topological polar surface area (TPSA) is 95.9 Å². The van der Waals surface area contributed by atoms with Crippen molar-refractivity contribution in [2.24, 2.45) is 0 Å². The van der Waals surface area contributed by atoms with Gasteiger partial charge in [-0.2, -0.15) is 0 Å². The molecule has 7 nitrogen and oxygen atoms in total. The molecule has 7 heteroatoms. The summed E-state index contributed by atoms with van der Waals surface area (Å²) in [5.74, 6) is -1.00. The zero-order valence-corrected chi connectivity index (χ0v) is 18.9. The van der Waals surface area contributed by atoms with Gasteiger partial charge in [0.25, 0.3) is 0 Å². The van der Waals surface area contributed by atoms with E-state index in [4.69, 9.17) is 9.84 Å². The highest BCUT2D eigenvalue weighted by molar-refractivity contribution is 5.94. The monoisotopic (exact) mass is 460 g/mol. The SMILES string of the molecule is O=C(O)C[C@@H]1CCCN1C(=O)C1=CCC(NC(=O)OCC2c3ccccc3-c3ccccc32)C1. The Kier molecular flexibility index (Phi) is 6.09. The number of carboxylic acid groups (broad SMARTS) is 1. The third kappa shape index (κ3) is 4.30. The zero-order valence-electron chi connectivity index (χ0n) is 18.9. The van der Waals surface area contributed by atoms with E-state index in [1.807, 2.05) is 30.3 Å². The first kappa shape index (κ1) is 22.2. The minimum absolute atomic E-state index is 0.00155. The van der Waals surface area contributed by atoms with Crippen molar-refractivity contribution in [2.75, 3.05) is 13.2 Å². The maximum absolute atomic E-state index is 12.9. The molecule has 0 radical (unpaired) electrons. The molecule has 0 bridgehead atoms. The number of carboxylic acids is 1. The van der Waals surface area contributed by atoms with E-state index in [0.29, 0.717) is 31.4 Å². The number of benzene rings is 2. The van der Waals surface area contributed by atoms with Crippen molar-refractivity contribution in [3.63, 3.8) is 0 Å². The van der Waals surface area contributed by atoms with Crippen molar-refractivity contribution in [1.29, 1.82) is 0 Å². The minimum atomic E-state index is -0.889. The molecule has 3 aliphatic rings. The predicted molar refractivity (Wildman–Crippen MR) is 126 cm³/mol. The molecular weight excluding hydrogens is 432 g/mol. The second-order valence-corrected chi connectivity index (χ2v) is 9.23. The fraction of sp³-hybridized carbons (Fsp3) is 0.370. The molecule has 2 aromatic carbocycles. The molecule has 5 rings (SSSR count). The van der Waals surface area contributed by atoms with Gasteiger partial charge >= 0.3 is 12.1 Å². The number of fused-ring (bicyclic) bond motifs is 3. The first-order valence-electron chi connectivity index (χ1n) is 11.8. The number of nitrogens with zero attached hydrogens (tertiary/aromatic N) is 1. The summed E-state index contributed by atoms with van der Waals surface area (Å²) in [6, 6.07) is 15.9. The van der Waals surface area contributed by atoms with Crippen LogP contribution in [-0.2, 0) is 14.3 Å². The van der Waals surface area contributed by atoms with Crippen LogP contribution in [0.1, 0.15) is 49.1 Å². The van der Waals surface area contributed by atoms with E-state index in [1.54, 1.807) is 4.90 Å². The van der Waals surface area contributed by atoms with Crippen LogP contribution in [0, 0.1) is 0 Å². The summed E-state index contributed by atoms with van der Waals surface area (Å²) in [5, 5.41) is 12.0. The van der Waals surface area contributed by atoms with E-state index in [0.717, 1.165) is 17.5 Å². The maximum atomic E-state index is 12.9. The summed E-state index contributed by atoms with van der Waals surface area (Å²) in [5.41, 5.74) is 5.32. The van der Waals surface area contributed by atoms with Gasteiger partial charge in [-0.3, -0.25) is 9.59 Å². The van der Waals surface area contributed by atoms with Crippen LogP contribution in [0.4, 0.5) is 4.79 Å². The van der Waals surface area contributed by atoms with Gasteiger partial charge < -0.3 is 20.1 Å². The number of rotatable bonds is 6. The lowest BCUT2D eigenvalue weighted by Crippen LogP contribution is -2.39. The maximum Gasteiger partial charge on any atom is 0.407 e. The summed E-state index contributed by atoms with van der Waals surface area (Å²) >= 11 is 0. The number of hydrogen-bond acceptors (Lipinski definition) is 4. The molecule has 2 amide bonds. The molecular formula is C27H28N2O5. The quantitative estimate of drug-likeness (QED) is 0.677. The molecule has 2 aromatic rings. The number of ether oxygens (including phenoxy) is 1. The van der Waals surface area contributed by atoms with Gasteiger partial charge in [0.2, 0.25) is 5.91 Å². The number of aliphatic carboxylic acids is 1. The molecule has 176 valence electrons. The molecule has 2 N–H and O–H groups in total. The predicted octanol–water partition coefficient (Wildman–Crippen LogP) is 4.08. The van der Waals surface area contributed by atoms with E-state index in [9.17, 15) is 14.4 Å². The Morgan fingerprint density at radius 1 is 1.03 bits per heavy atom. The number of likely N-dealkylation sites (tertiary alicyclic amines) is 1. The van der Waals surface area contributed by atoms with Crippen molar-refractivity contribution in [2.45, 2.75) is 50.1 Å². The molecule has 0 saturated carbocycles. The standard InChI is InChI=1S/C27H28N2O5/c30-25(31)15-19-6-5-13-29(19)26(32)17-11-12-18(14-17)28-27(33)34-16-24-22-9-3-1-7-20(22)21-8-2-4-10-23(21)24/h1-4,7-11,18-19,24H,5-6,12-16H2,(H,28,33)(H,30,31)/t18?,19-/m0/s1. The lowest BCUT2D eigenvalue weighted by molar-refractivity contribution is -0.139. The smallest absolute Gasteiger partial charge is 0.407 e. The van der Waals surface area contributed by atoms with E-state index in [1.165, 1.54) is 11.1 Å². The van der Waals surface area contributed by atoms with Crippen molar-refractivity contribution in [3.05, 3.63) is 71.3 Å². The van der Waals surface area contributed by atoms with Gasteiger partial charge in [0.1, 0.15) is 6.61 Å². The number of carbonyl (C=O) groups is 3. The molecule has 34 heavy (non-hydrogen) atoms. The fourth-order valence-electron chi connectivity index (χ4n) is 5.51. The van der Waals surface area contributed by atoms with Crippen molar-refractivity contribution in [3.8, 4) is 11.1 Å². The Balaban J connectivity index is 1.15. The normalized spacial score (nSPS) is 21.1.